The maximum absolute atomic E-state index is 12.1. The number of aliphatic carboxylic acids is 1. The first-order chi connectivity index (χ1) is 12.0. The summed E-state index contributed by atoms with van der Waals surface area (Å²) in [7, 11) is 0. The molecule has 0 spiro atoms. The lowest BCUT2D eigenvalue weighted by Gasteiger charge is -2.21. The highest BCUT2D eigenvalue weighted by Crippen LogP contribution is 2.13. The molecular formula is C18H24N2O5. The number of phenols is 1. The van der Waals surface area contributed by atoms with Gasteiger partial charge in [-0.2, -0.15) is 0 Å². The van der Waals surface area contributed by atoms with Gasteiger partial charge in [-0.25, -0.2) is 4.79 Å². The molecule has 0 aliphatic carbocycles. The maximum Gasteiger partial charge on any atom is 0.326 e. The average Bonchev–Trinajstić information content (AvgIpc) is 2.78. The zero-order valence-corrected chi connectivity index (χ0v) is 14.1. The van der Waals surface area contributed by atoms with Crippen LogP contribution in [0.5, 0.6) is 5.75 Å². The number of rotatable bonds is 7. The second-order valence-electron chi connectivity index (χ2n) is 6.27. The van der Waals surface area contributed by atoms with Crippen LogP contribution >= 0.6 is 0 Å². The van der Waals surface area contributed by atoms with E-state index in [0.29, 0.717) is 25.1 Å². The van der Waals surface area contributed by atoms with Crippen molar-refractivity contribution in [2.45, 2.75) is 44.6 Å². The third-order valence-electron chi connectivity index (χ3n) is 4.29. The number of carbonyl (C=O) groups excluding carboxylic acids is 2. The highest BCUT2D eigenvalue weighted by Gasteiger charge is 2.22. The molecule has 136 valence electrons. The summed E-state index contributed by atoms with van der Waals surface area (Å²) in [5.74, 6) is -1.35. The average molecular weight is 348 g/mol. The van der Waals surface area contributed by atoms with Gasteiger partial charge in [-0.1, -0.05) is 18.6 Å². The van der Waals surface area contributed by atoms with Crippen LogP contribution in [0.4, 0.5) is 0 Å². The predicted octanol–water partition coefficient (Wildman–Crippen LogP) is 1.30. The van der Waals surface area contributed by atoms with Crippen LogP contribution in [0.2, 0.25) is 0 Å². The van der Waals surface area contributed by atoms with Gasteiger partial charge in [0.05, 0.1) is 0 Å². The molecule has 1 aromatic rings. The monoisotopic (exact) mass is 348 g/mol. The number of amides is 2. The van der Waals surface area contributed by atoms with Crippen molar-refractivity contribution in [3.05, 3.63) is 29.8 Å². The zero-order valence-electron chi connectivity index (χ0n) is 14.1. The largest absolute Gasteiger partial charge is 0.508 e. The van der Waals surface area contributed by atoms with Gasteiger partial charge in [0.1, 0.15) is 11.8 Å². The smallest absolute Gasteiger partial charge is 0.326 e. The number of benzene rings is 1. The second-order valence-corrected chi connectivity index (χ2v) is 6.27. The molecule has 3 N–H and O–H groups in total. The van der Waals surface area contributed by atoms with Crippen LogP contribution in [0, 0.1) is 0 Å². The standard InChI is InChI=1S/C18H24N2O5/c21-14-7-5-13(6-8-14)12-15(18(24)25)19-16(22)9-11-20-10-3-1-2-4-17(20)23/h5-8,15,21H,1-4,9-12H2,(H,19,22)(H,24,25)/t15-/m0/s1. The molecule has 7 heteroatoms. The summed E-state index contributed by atoms with van der Waals surface area (Å²) in [6.07, 6.45) is 3.57. The van der Waals surface area contributed by atoms with Gasteiger partial charge < -0.3 is 20.4 Å². The number of carbonyl (C=O) groups is 3. The van der Waals surface area contributed by atoms with Crippen molar-refractivity contribution in [1.82, 2.24) is 10.2 Å². The first kappa shape index (κ1) is 18.8. The summed E-state index contributed by atoms with van der Waals surface area (Å²) >= 11 is 0. The molecule has 1 atom stereocenters. The summed E-state index contributed by atoms with van der Waals surface area (Å²) < 4.78 is 0. The molecule has 0 unspecified atom stereocenters. The number of carboxylic acids is 1. The zero-order chi connectivity index (χ0) is 18.2. The Morgan fingerprint density at radius 3 is 2.56 bits per heavy atom. The number of phenolic OH excluding ortho intramolecular Hbond substituents is 1. The molecule has 7 nitrogen and oxygen atoms in total. The predicted molar refractivity (Wildman–Crippen MR) is 91.0 cm³/mol. The first-order valence-electron chi connectivity index (χ1n) is 8.53. The number of aromatic hydroxyl groups is 1. The van der Waals surface area contributed by atoms with Gasteiger partial charge in [0.15, 0.2) is 0 Å². The molecule has 1 saturated heterocycles. The van der Waals surface area contributed by atoms with E-state index in [-0.39, 0.29) is 30.4 Å². The van der Waals surface area contributed by atoms with Crippen LogP contribution in [0.15, 0.2) is 24.3 Å². The van der Waals surface area contributed by atoms with E-state index in [4.69, 9.17) is 0 Å². The quantitative estimate of drug-likeness (QED) is 0.688. The summed E-state index contributed by atoms with van der Waals surface area (Å²) in [6, 6.07) is 5.14. The van der Waals surface area contributed by atoms with Gasteiger partial charge in [-0.3, -0.25) is 9.59 Å². The van der Waals surface area contributed by atoms with E-state index in [1.807, 2.05) is 0 Å². The van der Waals surface area contributed by atoms with Crippen LogP contribution in [-0.2, 0) is 20.8 Å². The number of likely N-dealkylation sites (tertiary alicyclic amines) is 1. The molecule has 0 radical (unpaired) electrons. The molecule has 25 heavy (non-hydrogen) atoms. The van der Waals surface area contributed by atoms with Crippen molar-refractivity contribution in [3.8, 4) is 5.75 Å². The number of nitrogens with zero attached hydrogens (tertiary/aromatic N) is 1. The van der Waals surface area contributed by atoms with E-state index in [1.165, 1.54) is 12.1 Å². The minimum Gasteiger partial charge on any atom is -0.508 e. The summed E-state index contributed by atoms with van der Waals surface area (Å²) in [6.45, 7) is 0.970. The highest BCUT2D eigenvalue weighted by molar-refractivity contribution is 5.84. The van der Waals surface area contributed by atoms with Gasteiger partial charge in [0.2, 0.25) is 11.8 Å². The Morgan fingerprint density at radius 1 is 1.16 bits per heavy atom. The molecule has 1 heterocycles. The fourth-order valence-corrected chi connectivity index (χ4v) is 2.85. The van der Waals surface area contributed by atoms with Crippen molar-refractivity contribution in [2.24, 2.45) is 0 Å². The molecule has 1 fully saturated rings. The van der Waals surface area contributed by atoms with Crippen LogP contribution in [0.3, 0.4) is 0 Å². The first-order valence-corrected chi connectivity index (χ1v) is 8.53. The normalized spacial score (nSPS) is 16.2. The number of hydrogen-bond donors (Lipinski definition) is 3. The molecule has 1 aromatic carbocycles. The lowest BCUT2D eigenvalue weighted by atomic mass is 10.1. The second kappa shape index (κ2) is 9.05. The van der Waals surface area contributed by atoms with Gasteiger partial charge in [0.25, 0.3) is 0 Å². The Bertz CT molecular complexity index is 614. The van der Waals surface area contributed by atoms with Gasteiger partial charge in [-0.05, 0) is 30.5 Å². The fraction of sp³-hybridized carbons (Fsp3) is 0.500. The molecule has 0 saturated carbocycles. The number of carboxylic acid groups (broad SMARTS) is 1. The van der Waals surface area contributed by atoms with Crippen LogP contribution in [0.1, 0.15) is 37.7 Å². The Hall–Kier alpha value is -2.57. The van der Waals surface area contributed by atoms with E-state index in [9.17, 15) is 24.6 Å². The Morgan fingerprint density at radius 2 is 1.88 bits per heavy atom. The van der Waals surface area contributed by atoms with E-state index in [0.717, 1.165) is 19.3 Å². The number of nitrogens with one attached hydrogen (secondary N) is 1. The topological polar surface area (TPSA) is 107 Å². The van der Waals surface area contributed by atoms with Crippen molar-refractivity contribution < 1.29 is 24.6 Å². The molecule has 0 bridgehead atoms. The van der Waals surface area contributed by atoms with Gasteiger partial charge >= 0.3 is 5.97 Å². The van der Waals surface area contributed by atoms with E-state index >= 15 is 0 Å². The lowest BCUT2D eigenvalue weighted by Crippen LogP contribution is -2.43. The SMILES string of the molecule is O=C(CCN1CCCCCC1=O)N[C@@H](Cc1ccc(O)cc1)C(=O)O. The van der Waals surface area contributed by atoms with Crippen molar-refractivity contribution in [1.29, 1.82) is 0 Å². The van der Waals surface area contributed by atoms with E-state index < -0.39 is 12.0 Å². The van der Waals surface area contributed by atoms with Crippen molar-refractivity contribution in [3.63, 3.8) is 0 Å². The third kappa shape index (κ3) is 6.10. The molecule has 2 rings (SSSR count). The summed E-state index contributed by atoms with van der Waals surface area (Å²) in [5.41, 5.74) is 0.702. The minimum atomic E-state index is -1.12. The summed E-state index contributed by atoms with van der Waals surface area (Å²) in [4.78, 5) is 37.1. The Kier molecular flexibility index (Phi) is 6.80. The fourth-order valence-electron chi connectivity index (χ4n) is 2.85. The number of hydrogen-bond acceptors (Lipinski definition) is 4. The van der Waals surface area contributed by atoms with Crippen molar-refractivity contribution >= 4 is 17.8 Å². The molecular weight excluding hydrogens is 324 g/mol. The molecule has 2 amide bonds. The van der Waals surface area contributed by atoms with Crippen LogP contribution in [0.25, 0.3) is 0 Å². The lowest BCUT2D eigenvalue weighted by molar-refractivity contribution is -0.142. The molecule has 1 aliphatic heterocycles. The van der Waals surface area contributed by atoms with E-state index in [2.05, 4.69) is 5.32 Å². The van der Waals surface area contributed by atoms with E-state index in [1.54, 1.807) is 17.0 Å². The molecule has 1 aliphatic rings. The molecule has 0 aromatic heterocycles. The van der Waals surface area contributed by atoms with Crippen LogP contribution in [-0.4, -0.2) is 52.0 Å². The minimum absolute atomic E-state index is 0.0594. The van der Waals surface area contributed by atoms with Crippen molar-refractivity contribution in [2.75, 3.05) is 13.1 Å². The Balaban J connectivity index is 1.85. The maximum atomic E-state index is 12.1. The highest BCUT2D eigenvalue weighted by atomic mass is 16.4. The van der Waals surface area contributed by atoms with Gasteiger partial charge in [0, 0.05) is 32.4 Å². The van der Waals surface area contributed by atoms with Crippen LogP contribution < -0.4 is 5.32 Å². The Labute approximate surface area is 146 Å². The summed E-state index contributed by atoms with van der Waals surface area (Å²) in [5, 5.41) is 21.1. The third-order valence-corrected chi connectivity index (χ3v) is 4.29. The van der Waals surface area contributed by atoms with Gasteiger partial charge in [-0.15, -0.1) is 0 Å².